The zero-order chi connectivity index (χ0) is 31.0. The second kappa shape index (κ2) is 11.8. The summed E-state index contributed by atoms with van der Waals surface area (Å²) in [5.74, 6) is 1.40. The van der Waals surface area contributed by atoms with Crippen LogP contribution >= 0.6 is 11.6 Å². The number of carbonyl (C=O) groups is 2. The Balaban J connectivity index is 1.72. The Morgan fingerprint density at radius 3 is 2.43 bits per heavy atom. The highest BCUT2D eigenvalue weighted by Gasteiger charge is 2.48. The van der Waals surface area contributed by atoms with Crippen LogP contribution in [0.2, 0.25) is 5.02 Å². The fraction of sp³-hybridized carbons (Fsp3) is 0.531. The van der Waals surface area contributed by atoms with Crippen molar-refractivity contribution in [2.45, 2.75) is 85.2 Å². The Kier molecular flexibility index (Phi) is 8.86. The van der Waals surface area contributed by atoms with Gasteiger partial charge in [-0.05, 0) is 85.7 Å². The third-order valence-electron chi connectivity index (χ3n) is 7.26. The van der Waals surface area contributed by atoms with Crippen molar-refractivity contribution < 1.29 is 28.9 Å². The number of nitrogens with zero attached hydrogens (tertiary/aromatic N) is 3. The van der Waals surface area contributed by atoms with Crippen molar-refractivity contribution in [2.24, 2.45) is 10.4 Å². The van der Waals surface area contributed by atoms with E-state index in [0.29, 0.717) is 41.1 Å². The van der Waals surface area contributed by atoms with Gasteiger partial charge >= 0.3 is 12.1 Å². The minimum absolute atomic E-state index is 0.275. The first-order valence-corrected chi connectivity index (χ1v) is 14.7. The van der Waals surface area contributed by atoms with Crippen LogP contribution in [0.25, 0.3) is 0 Å². The SMILES string of the molecule is C[C@H](CC(C)(C)O)OC(=O)C(C)(C)C1CN(C2=Nc3cc(Cl)ccc3Oc3ccccc32)CCN1C(=O)OC(C)(C)C. The number of ether oxygens (including phenoxy) is 3. The Bertz CT molecular complexity index is 1360. The molecule has 10 heteroatoms. The van der Waals surface area contributed by atoms with Gasteiger partial charge in [-0.1, -0.05) is 23.7 Å². The number of aliphatic hydroxyl groups is 1. The van der Waals surface area contributed by atoms with Gasteiger partial charge in [-0.3, -0.25) is 4.79 Å². The van der Waals surface area contributed by atoms with Crippen LogP contribution in [0.15, 0.2) is 47.5 Å². The minimum Gasteiger partial charge on any atom is -0.462 e. The molecule has 1 fully saturated rings. The fourth-order valence-corrected chi connectivity index (χ4v) is 5.45. The van der Waals surface area contributed by atoms with Crippen molar-refractivity contribution in [3.8, 4) is 11.5 Å². The minimum atomic E-state index is -1.13. The second-order valence-electron chi connectivity index (χ2n) is 13.2. The van der Waals surface area contributed by atoms with Crippen LogP contribution in [0, 0.1) is 5.41 Å². The number of fused-ring (bicyclic) bond motifs is 2. The highest BCUT2D eigenvalue weighted by molar-refractivity contribution is 6.31. The van der Waals surface area contributed by atoms with Crippen molar-refractivity contribution in [3.05, 3.63) is 53.1 Å². The summed E-state index contributed by atoms with van der Waals surface area (Å²) in [6.45, 7) is 15.1. The number of esters is 1. The van der Waals surface area contributed by atoms with Crippen molar-refractivity contribution in [1.29, 1.82) is 0 Å². The van der Waals surface area contributed by atoms with Gasteiger partial charge in [-0.25, -0.2) is 9.79 Å². The molecule has 1 unspecified atom stereocenters. The van der Waals surface area contributed by atoms with E-state index in [2.05, 4.69) is 4.90 Å². The molecule has 228 valence electrons. The number of halogens is 1. The number of aliphatic imine (C=N–C) groups is 1. The number of hydrogen-bond donors (Lipinski definition) is 1. The maximum absolute atomic E-state index is 13.7. The molecule has 42 heavy (non-hydrogen) atoms. The number of rotatable bonds is 5. The zero-order valence-electron chi connectivity index (χ0n) is 25.7. The molecule has 0 aromatic heterocycles. The summed E-state index contributed by atoms with van der Waals surface area (Å²) in [5, 5.41) is 10.8. The monoisotopic (exact) mass is 599 g/mol. The van der Waals surface area contributed by atoms with Crippen LogP contribution in [0.5, 0.6) is 11.5 Å². The molecule has 0 saturated carbocycles. The van der Waals surface area contributed by atoms with Gasteiger partial charge in [0.2, 0.25) is 0 Å². The van der Waals surface area contributed by atoms with E-state index in [1.54, 1.807) is 57.7 Å². The molecular formula is C32H42ClN3O6. The normalized spacial score (nSPS) is 18.1. The van der Waals surface area contributed by atoms with E-state index in [4.69, 9.17) is 30.8 Å². The topological polar surface area (TPSA) is 101 Å². The largest absolute Gasteiger partial charge is 0.462 e. The summed E-state index contributed by atoms with van der Waals surface area (Å²) >= 11 is 6.32. The maximum atomic E-state index is 13.7. The van der Waals surface area contributed by atoms with Gasteiger partial charge in [0, 0.05) is 31.1 Å². The van der Waals surface area contributed by atoms with E-state index in [9.17, 15) is 14.7 Å². The lowest BCUT2D eigenvalue weighted by Crippen LogP contribution is -2.63. The lowest BCUT2D eigenvalue weighted by Gasteiger charge is -2.48. The number of carbonyl (C=O) groups excluding carboxylic acids is 2. The maximum Gasteiger partial charge on any atom is 0.410 e. The number of para-hydroxylation sites is 1. The predicted molar refractivity (Wildman–Crippen MR) is 163 cm³/mol. The van der Waals surface area contributed by atoms with Crippen molar-refractivity contribution in [2.75, 3.05) is 19.6 Å². The molecule has 0 spiro atoms. The molecule has 0 bridgehead atoms. The highest BCUT2D eigenvalue weighted by Crippen LogP contribution is 2.40. The Morgan fingerprint density at radius 2 is 1.76 bits per heavy atom. The lowest BCUT2D eigenvalue weighted by molar-refractivity contribution is -0.166. The third kappa shape index (κ3) is 7.36. The lowest BCUT2D eigenvalue weighted by atomic mass is 9.81. The fourth-order valence-electron chi connectivity index (χ4n) is 5.29. The molecule has 1 amide bonds. The molecule has 1 saturated heterocycles. The van der Waals surface area contributed by atoms with Crippen LogP contribution in [-0.4, -0.2) is 75.8 Å². The molecule has 2 atom stereocenters. The Morgan fingerprint density at radius 1 is 1.07 bits per heavy atom. The van der Waals surface area contributed by atoms with E-state index in [1.165, 1.54) is 0 Å². The van der Waals surface area contributed by atoms with Gasteiger partial charge in [-0.2, -0.15) is 0 Å². The summed E-state index contributed by atoms with van der Waals surface area (Å²) in [7, 11) is 0. The van der Waals surface area contributed by atoms with Crippen LogP contribution < -0.4 is 4.74 Å². The van der Waals surface area contributed by atoms with Gasteiger partial charge in [0.25, 0.3) is 0 Å². The molecule has 0 radical (unpaired) electrons. The van der Waals surface area contributed by atoms with Crippen molar-refractivity contribution in [3.63, 3.8) is 0 Å². The van der Waals surface area contributed by atoms with Gasteiger partial charge in [0.15, 0.2) is 5.75 Å². The van der Waals surface area contributed by atoms with Gasteiger partial charge < -0.3 is 29.1 Å². The second-order valence-corrected chi connectivity index (χ2v) is 13.7. The smallest absolute Gasteiger partial charge is 0.410 e. The van der Waals surface area contributed by atoms with Crippen molar-refractivity contribution in [1.82, 2.24) is 9.80 Å². The molecule has 2 heterocycles. The number of amides is 1. The number of amidine groups is 1. The first-order chi connectivity index (χ1) is 19.4. The van der Waals surface area contributed by atoms with E-state index in [1.807, 2.05) is 45.0 Å². The Labute approximate surface area is 253 Å². The summed E-state index contributed by atoms with van der Waals surface area (Å²) in [4.78, 5) is 35.8. The summed E-state index contributed by atoms with van der Waals surface area (Å²) in [6.07, 6.45) is -0.749. The van der Waals surface area contributed by atoms with E-state index < -0.39 is 40.8 Å². The molecule has 2 aliphatic rings. The molecular weight excluding hydrogens is 558 g/mol. The quantitative estimate of drug-likeness (QED) is 0.388. The van der Waals surface area contributed by atoms with Gasteiger partial charge in [0.1, 0.15) is 29.0 Å². The van der Waals surface area contributed by atoms with Crippen LogP contribution in [0.4, 0.5) is 10.5 Å². The van der Waals surface area contributed by atoms with Crippen molar-refractivity contribution >= 4 is 35.2 Å². The van der Waals surface area contributed by atoms with Crippen LogP contribution in [0.3, 0.4) is 0 Å². The zero-order valence-corrected chi connectivity index (χ0v) is 26.5. The standard InChI is InChI=1S/C32H42ClN3O6/c1-20(18-31(5,6)39)40-28(37)32(7,8)26-19-35(15-16-36(26)29(38)42-30(2,3)4)27-22-11-9-10-12-24(22)41-25-14-13-21(33)17-23(25)34-27/h9-14,17,20,26,39H,15-16,18-19H2,1-8H3/t20-,26?/m1/s1. The molecule has 9 nitrogen and oxygen atoms in total. The Hall–Kier alpha value is -3.30. The highest BCUT2D eigenvalue weighted by atomic mass is 35.5. The molecule has 2 aromatic rings. The third-order valence-corrected chi connectivity index (χ3v) is 7.49. The number of benzene rings is 2. The predicted octanol–water partition coefficient (Wildman–Crippen LogP) is 6.56. The van der Waals surface area contributed by atoms with E-state index >= 15 is 0 Å². The van der Waals surface area contributed by atoms with Crippen LogP contribution in [-0.2, 0) is 14.3 Å². The van der Waals surface area contributed by atoms with Crippen LogP contribution in [0.1, 0.15) is 67.4 Å². The van der Waals surface area contributed by atoms with E-state index in [0.717, 1.165) is 5.56 Å². The first-order valence-electron chi connectivity index (χ1n) is 14.3. The van der Waals surface area contributed by atoms with Gasteiger partial charge in [0.05, 0.1) is 22.6 Å². The molecule has 2 aliphatic heterocycles. The summed E-state index contributed by atoms with van der Waals surface area (Å²) in [5.41, 5.74) is -1.48. The molecule has 1 N–H and O–H groups in total. The average molecular weight is 600 g/mol. The molecule has 4 rings (SSSR count). The first kappa shape index (κ1) is 31.6. The molecule has 2 aromatic carbocycles. The number of hydrogen-bond acceptors (Lipinski definition) is 8. The average Bonchev–Trinajstić information content (AvgIpc) is 3.02. The number of piperazine rings is 1. The summed E-state index contributed by atoms with van der Waals surface area (Å²) < 4.78 is 17.8. The van der Waals surface area contributed by atoms with Gasteiger partial charge in [-0.15, -0.1) is 0 Å². The summed E-state index contributed by atoms with van der Waals surface area (Å²) in [6, 6.07) is 12.3. The molecule has 0 aliphatic carbocycles. The van der Waals surface area contributed by atoms with E-state index in [-0.39, 0.29) is 13.0 Å².